The summed E-state index contributed by atoms with van der Waals surface area (Å²) in [6, 6.07) is 14.0. The molecule has 4 heteroatoms. The molecule has 0 aliphatic carbocycles. The monoisotopic (exact) mass is 290 g/mol. The second kappa shape index (κ2) is 6.44. The molecule has 0 saturated heterocycles. The van der Waals surface area contributed by atoms with E-state index in [1.807, 2.05) is 30.3 Å². The number of rotatable bonds is 5. The highest BCUT2D eigenvalue weighted by Gasteiger charge is 2.19. The molecular weight excluding hydrogens is 276 g/mol. The van der Waals surface area contributed by atoms with Crippen molar-refractivity contribution in [1.82, 2.24) is 0 Å². The Hall–Kier alpha value is -2.00. The average Bonchev–Trinajstić information content (AvgIpc) is 2.46. The third-order valence-electron chi connectivity index (χ3n) is 3.25. The highest BCUT2D eigenvalue weighted by atomic mass is 35.5. The van der Waals surface area contributed by atoms with Crippen molar-refractivity contribution in [1.29, 1.82) is 0 Å². The van der Waals surface area contributed by atoms with Gasteiger partial charge in [-0.2, -0.15) is 0 Å². The van der Waals surface area contributed by atoms with Gasteiger partial charge in [0.05, 0.1) is 5.56 Å². The molecule has 0 aliphatic rings. The number of hydrogen-bond acceptors (Lipinski definition) is 2. The van der Waals surface area contributed by atoms with Crippen LogP contribution >= 0.6 is 11.6 Å². The number of carboxylic acids is 1. The van der Waals surface area contributed by atoms with Crippen molar-refractivity contribution in [3.05, 3.63) is 65.2 Å². The van der Waals surface area contributed by atoms with E-state index in [0.717, 1.165) is 5.56 Å². The number of carbonyl (C=O) groups is 1. The van der Waals surface area contributed by atoms with Crippen LogP contribution in [0.2, 0.25) is 0 Å². The maximum absolute atomic E-state index is 11.1. The minimum absolute atomic E-state index is 0.0916. The Morgan fingerprint density at radius 1 is 1.15 bits per heavy atom. The number of carboxylic acid groups (broad SMARTS) is 1. The van der Waals surface area contributed by atoms with Gasteiger partial charge in [-0.1, -0.05) is 30.3 Å². The minimum atomic E-state index is -1.01. The lowest BCUT2D eigenvalue weighted by Crippen LogP contribution is -2.05. The molecule has 2 rings (SSSR count). The Balaban J connectivity index is 2.49. The van der Waals surface area contributed by atoms with Crippen molar-refractivity contribution >= 4 is 17.6 Å². The summed E-state index contributed by atoms with van der Waals surface area (Å²) in [6.07, 6.45) is 0.627. The van der Waals surface area contributed by atoms with Crippen LogP contribution in [-0.4, -0.2) is 22.1 Å². The van der Waals surface area contributed by atoms with E-state index in [0.29, 0.717) is 17.9 Å². The molecule has 2 aromatic rings. The van der Waals surface area contributed by atoms with Gasteiger partial charge in [0, 0.05) is 17.4 Å². The van der Waals surface area contributed by atoms with Crippen molar-refractivity contribution in [3.63, 3.8) is 0 Å². The van der Waals surface area contributed by atoms with Crippen LogP contribution in [0.25, 0.3) is 0 Å². The first-order valence-electron chi connectivity index (χ1n) is 6.30. The summed E-state index contributed by atoms with van der Waals surface area (Å²) in [4.78, 5) is 11.1. The van der Waals surface area contributed by atoms with Crippen LogP contribution in [-0.2, 0) is 0 Å². The molecular formula is C16H15ClO3. The number of aromatic carboxylic acids is 1. The lowest BCUT2D eigenvalue weighted by molar-refractivity contribution is 0.0696. The zero-order valence-corrected chi connectivity index (χ0v) is 11.5. The molecule has 2 N–H and O–H groups in total. The molecule has 0 radical (unpaired) electrons. The molecule has 0 spiro atoms. The van der Waals surface area contributed by atoms with Crippen LogP contribution in [0.1, 0.15) is 33.8 Å². The first kappa shape index (κ1) is 14.4. The second-order valence-electron chi connectivity index (χ2n) is 4.52. The SMILES string of the molecule is O=C(O)c1ccc(O)c(C(CCCl)c2ccccc2)c1. The van der Waals surface area contributed by atoms with Crippen LogP contribution in [0.4, 0.5) is 0 Å². The smallest absolute Gasteiger partial charge is 0.335 e. The molecule has 0 aromatic heterocycles. The Morgan fingerprint density at radius 3 is 2.45 bits per heavy atom. The normalized spacial score (nSPS) is 12.1. The Morgan fingerprint density at radius 2 is 1.85 bits per heavy atom. The maximum Gasteiger partial charge on any atom is 0.335 e. The summed E-state index contributed by atoms with van der Waals surface area (Å²) in [6.45, 7) is 0. The average molecular weight is 291 g/mol. The molecule has 0 saturated carbocycles. The van der Waals surface area contributed by atoms with Gasteiger partial charge in [0.1, 0.15) is 5.75 Å². The lowest BCUT2D eigenvalue weighted by atomic mass is 9.87. The van der Waals surface area contributed by atoms with Crippen LogP contribution < -0.4 is 0 Å². The largest absolute Gasteiger partial charge is 0.508 e. The number of aromatic hydroxyl groups is 1. The van der Waals surface area contributed by atoms with Gasteiger partial charge in [-0.15, -0.1) is 11.6 Å². The summed E-state index contributed by atoms with van der Waals surface area (Å²) in [5.41, 5.74) is 1.76. The molecule has 0 amide bonds. The molecule has 0 bridgehead atoms. The van der Waals surface area contributed by atoms with E-state index in [9.17, 15) is 9.90 Å². The van der Waals surface area contributed by atoms with Gasteiger partial charge in [-0.05, 0) is 30.2 Å². The van der Waals surface area contributed by atoms with Crippen LogP contribution in [0, 0.1) is 0 Å². The van der Waals surface area contributed by atoms with E-state index in [4.69, 9.17) is 16.7 Å². The first-order chi connectivity index (χ1) is 9.63. The molecule has 1 unspecified atom stereocenters. The standard InChI is InChI=1S/C16H15ClO3/c17-9-8-13(11-4-2-1-3-5-11)14-10-12(16(19)20)6-7-15(14)18/h1-7,10,13,18H,8-9H2,(H,19,20). The summed E-state index contributed by atoms with van der Waals surface area (Å²) in [5, 5.41) is 19.1. The molecule has 1 atom stereocenters. The van der Waals surface area contributed by atoms with Gasteiger partial charge in [0.25, 0.3) is 0 Å². The summed E-state index contributed by atoms with van der Waals surface area (Å²) >= 11 is 5.85. The van der Waals surface area contributed by atoms with E-state index >= 15 is 0 Å². The van der Waals surface area contributed by atoms with E-state index in [1.165, 1.54) is 18.2 Å². The van der Waals surface area contributed by atoms with Crippen LogP contribution in [0.3, 0.4) is 0 Å². The number of benzene rings is 2. The fourth-order valence-electron chi connectivity index (χ4n) is 2.26. The van der Waals surface area contributed by atoms with Crippen molar-refractivity contribution in [3.8, 4) is 5.75 Å². The van der Waals surface area contributed by atoms with Crippen molar-refractivity contribution in [2.75, 3.05) is 5.88 Å². The van der Waals surface area contributed by atoms with Gasteiger partial charge < -0.3 is 10.2 Å². The molecule has 0 aliphatic heterocycles. The summed E-state index contributed by atoms with van der Waals surface area (Å²) in [5.74, 6) is -0.609. The summed E-state index contributed by atoms with van der Waals surface area (Å²) in [7, 11) is 0. The Bertz CT molecular complexity index is 596. The molecule has 0 heterocycles. The van der Waals surface area contributed by atoms with E-state index in [1.54, 1.807) is 0 Å². The minimum Gasteiger partial charge on any atom is -0.508 e. The number of halogens is 1. The number of hydrogen-bond donors (Lipinski definition) is 2. The van der Waals surface area contributed by atoms with Crippen molar-refractivity contribution in [2.45, 2.75) is 12.3 Å². The topological polar surface area (TPSA) is 57.5 Å². The maximum atomic E-state index is 11.1. The van der Waals surface area contributed by atoms with E-state index < -0.39 is 5.97 Å². The van der Waals surface area contributed by atoms with Gasteiger partial charge >= 0.3 is 5.97 Å². The predicted molar refractivity (Wildman–Crippen MR) is 78.7 cm³/mol. The molecule has 0 fully saturated rings. The van der Waals surface area contributed by atoms with Gasteiger partial charge in [0.2, 0.25) is 0 Å². The van der Waals surface area contributed by atoms with Gasteiger partial charge in [-0.3, -0.25) is 0 Å². The van der Waals surface area contributed by atoms with Gasteiger partial charge in [-0.25, -0.2) is 4.79 Å². The van der Waals surface area contributed by atoms with Gasteiger partial charge in [0.15, 0.2) is 0 Å². The number of phenolic OH excluding ortho intramolecular Hbond substituents is 1. The summed E-state index contributed by atoms with van der Waals surface area (Å²) < 4.78 is 0. The fourth-order valence-corrected chi connectivity index (χ4v) is 2.48. The molecule has 104 valence electrons. The Labute approximate surface area is 122 Å². The molecule has 2 aromatic carbocycles. The van der Waals surface area contributed by atoms with E-state index in [-0.39, 0.29) is 17.2 Å². The Kier molecular flexibility index (Phi) is 4.64. The fraction of sp³-hybridized carbons (Fsp3) is 0.188. The van der Waals surface area contributed by atoms with E-state index in [2.05, 4.69) is 0 Å². The number of alkyl halides is 1. The second-order valence-corrected chi connectivity index (χ2v) is 4.90. The molecule has 20 heavy (non-hydrogen) atoms. The highest BCUT2D eigenvalue weighted by molar-refractivity contribution is 6.17. The lowest BCUT2D eigenvalue weighted by Gasteiger charge is -2.18. The third-order valence-corrected chi connectivity index (χ3v) is 3.47. The van der Waals surface area contributed by atoms with Crippen molar-refractivity contribution < 1.29 is 15.0 Å². The quantitative estimate of drug-likeness (QED) is 0.822. The molecule has 3 nitrogen and oxygen atoms in total. The van der Waals surface area contributed by atoms with Crippen molar-refractivity contribution in [2.24, 2.45) is 0 Å². The number of phenols is 1. The first-order valence-corrected chi connectivity index (χ1v) is 6.84. The highest BCUT2D eigenvalue weighted by Crippen LogP contribution is 2.34. The zero-order valence-electron chi connectivity index (χ0n) is 10.8. The van der Waals surface area contributed by atoms with Crippen LogP contribution in [0.5, 0.6) is 5.75 Å². The van der Waals surface area contributed by atoms with Crippen LogP contribution in [0.15, 0.2) is 48.5 Å². The predicted octanol–water partition coefficient (Wildman–Crippen LogP) is 3.85. The third kappa shape index (κ3) is 3.11. The zero-order chi connectivity index (χ0) is 14.5.